The minimum atomic E-state index is -0.793. The Balaban J connectivity index is 1.82. The number of aliphatic hydroxyl groups is 3. The lowest BCUT2D eigenvalue weighted by atomic mass is 9.89. The molecule has 1 aromatic carbocycles. The van der Waals surface area contributed by atoms with Gasteiger partial charge in [-0.2, -0.15) is 0 Å². The van der Waals surface area contributed by atoms with Crippen molar-refractivity contribution in [3.05, 3.63) is 60.2 Å². The predicted octanol–water partition coefficient (Wildman–Crippen LogP) is 3.10. The molecule has 0 aromatic heterocycles. The molecule has 5 nitrogen and oxygen atoms in total. The van der Waals surface area contributed by atoms with E-state index in [0.717, 1.165) is 6.42 Å². The Bertz CT molecular complexity index is 640. The molecule has 5 heteroatoms. The number of carboxylic acids is 1. The van der Waals surface area contributed by atoms with Crippen LogP contribution in [0.4, 0.5) is 0 Å². The van der Waals surface area contributed by atoms with E-state index in [9.17, 15) is 20.1 Å². The molecule has 1 saturated carbocycles. The van der Waals surface area contributed by atoms with Crippen LogP contribution in [0.25, 0.3) is 0 Å². The van der Waals surface area contributed by atoms with E-state index in [1.54, 1.807) is 6.08 Å². The Labute approximate surface area is 167 Å². The lowest BCUT2D eigenvalue weighted by Gasteiger charge is -2.19. The highest BCUT2D eigenvalue weighted by Gasteiger charge is 2.39. The number of hydrogen-bond donors (Lipinski definition) is 4. The Morgan fingerprint density at radius 3 is 2.61 bits per heavy atom. The Morgan fingerprint density at radius 1 is 1.14 bits per heavy atom. The first-order valence-corrected chi connectivity index (χ1v) is 10.1. The topological polar surface area (TPSA) is 98.0 Å². The van der Waals surface area contributed by atoms with Crippen LogP contribution in [0.3, 0.4) is 0 Å². The van der Waals surface area contributed by atoms with Gasteiger partial charge in [-0.05, 0) is 43.6 Å². The number of hydrogen-bond acceptors (Lipinski definition) is 4. The van der Waals surface area contributed by atoms with Crippen molar-refractivity contribution in [3.8, 4) is 0 Å². The van der Waals surface area contributed by atoms with E-state index in [4.69, 9.17) is 5.11 Å². The first kappa shape index (κ1) is 22.3. The number of benzene rings is 1. The van der Waals surface area contributed by atoms with Crippen LogP contribution in [-0.2, 0) is 11.2 Å². The Morgan fingerprint density at radius 2 is 1.89 bits per heavy atom. The van der Waals surface area contributed by atoms with Gasteiger partial charge in [-0.25, -0.2) is 0 Å². The molecule has 4 N–H and O–H groups in total. The number of aliphatic carboxylic acids is 1. The highest BCUT2D eigenvalue weighted by atomic mass is 16.4. The van der Waals surface area contributed by atoms with Gasteiger partial charge in [-0.1, -0.05) is 54.6 Å². The molecule has 1 aromatic rings. The van der Waals surface area contributed by atoms with E-state index in [0.29, 0.717) is 32.1 Å². The minimum Gasteiger partial charge on any atom is -0.481 e. The molecular formula is C23H32O5. The third-order valence-corrected chi connectivity index (χ3v) is 5.38. The average molecular weight is 389 g/mol. The van der Waals surface area contributed by atoms with E-state index >= 15 is 0 Å². The van der Waals surface area contributed by atoms with Gasteiger partial charge < -0.3 is 20.4 Å². The van der Waals surface area contributed by atoms with Crippen molar-refractivity contribution in [2.45, 2.75) is 63.3 Å². The second-order valence-electron chi connectivity index (χ2n) is 7.58. The smallest absolute Gasteiger partial charge is 0.303 e. The SMILES string of the molecule is O=C(O)CCC/C=C\C[C@H]1[C@@H](/C=C/[C@@H](O)CCc2ccccc2)[C@H](O)C[C@@H]1O. The number of aryl methyl sites for hydroxylation is 1. The third-order valence-electron chi connectivity index (χ3n) is 5.38. The standard InChI is InChI=1S/C23H32O5/c24-18(13-12-17-8-4-3-5-9-17)14-15-20-19(21(25)16-22(20)26)10-6-1-2-7-11-23(27)28/h1,3-6,8-9,14-15,18-22,24-26H,2,7,10-13,16H2,(H,27,28)/b6-1-,15-14+/t18-,19-,20+,21-,22+/m0/s1. The summed E-state index contributed by atoms with van der Waals surface area (Å²) in [6, 6.07) is 9.99. The molecule has 0 amide bonds. The zero-order chi connectivity index (χ0) is 20.4. The maximum Gasteiger partial charge on any atom is 0.303 e. The van der Waals surface area contributed by atoms with E-state index < -0.39 is 24.3 Å². The molecule has 0 heterocycles. The third kappa shape index (κ3) is 7.58. The number of carbonyl (C=O) groups is 1. The summed E-state index contributed by atoms with van der Waals surface area (Å²) in [6.45, 7) is 0. The van der Waals surface area contributed by atoms with Crippen LogP contribution in [0.5, 0.6) is 0 Å². The second-order valence-corrected chi connectivity index (χ2v) is 7.58. The van der Waals surface area contributed by atoms with Gasteiger partial charge in [0.2, 0.25) is 0 Å². The molecule has 2 rings (SSSR count). The van der Waals surface area contributed by atoms with Crippen LogP contribution in [0, 0.1) is 11.8 Å². The van der Waals surface area contributed by atoms with E-state index in [1.165, 1.54) is 5.56 Å². The van der Waals surface area contributed by atoms with Crippen molar-refractivity contribution in [2.75, 3.05) is 0 Å². The summed E-state index contributed by atoms with van der Waals surface area (Å²) in [7, 11) is 0. The van der Waals surface area contributed by atoms with Crippen LogP contribution in [0.1, 0.15) is 44.1 Å². The van der Waals surface area contributed by atoms with Gasteiger partial charge in [-0.15, -0.1) is 0 Å². The Kier molecular flexibility index (Phi) is 9.41. The quantitative estimate of drug-likeness (QED) is 0.345. The van der Waals surface area contributed by atoms with Crippen molar-refractivity contribution in [1.82, 2.24) is 0 Å². The molecule has 5 atom stereocenters. The molecule has 0 aliphatic heterocycles. The number of carboxylic acid groups (broad SMARTS) is 1. The first-order valence-electron chi connectivity index (χ1n) is 10.1. The molecule has 1 aliphatic rings. The van der Waals surface area contributed by atoms with Gasteiger partial charge in [0.1, 0.15) is 0 Å². The zero-order valence-corrected chi connectivity index (χ0v) is 16.2. The summed E-state index contributed by atoms with van der Waals surface area (Å²) in [5, 5.41) is 39.4. The average Bonchev–Trinajstić information content (AvgIpc) is 2.94. The van der Waals surface area contributed by atoms with Gasteiger partial charge >= 0.3 is 5.97 Å². The maximum absolute atomic E-state index is 10.5. The van der Waals surface area contributed by atoms with Crippen molar-refractivity contribution < 1.29 is 25.2 Å². The van der Waals surface area contributed by atoms with Crippen LogP contribution < -0.4 is 0 Å². The number of allylic oxidation sites excluding steroid dienone is 2. The van der Waals surface area contributed by atoms with Gasteiger partial charge in [-0.3, -0.25) is 4.79 Å². The molecule has 0 bridgehead atoms. The maximum atomic E-state index is 10.5. The summed E-state index contributed by atoms with van der Waals surface area (Å²) < 4.78 is 0. The highest BCUT2D eigenvalue weighted by Crippen LogP contribution is 2.36. The summed E-state index contributed by atoms with van der Waals surface area (Å²) >= 11 is 0. The molecule has 28 heavy (non-hydrogen) atoms. The molecular weight excluding hydrogens is 356 g/mol. The van der Waals surface area contributed by atoms with Crippen molar-refractivity contribution in [2.24, 2.45) is 11.8 Å². The minimum absolute atomic E-state index is 0.0942. The summed E-state index contributed by atoms with van der Waals surface area (Å²) in [6.07, 6.45) is 9.51. The fourth-order valence-electron chi connectivity index (χ4n) is 3.76. The van der Waals surface area contributed by atoms with Crippen molar-refractivity contribution >= 4 is 5.97 Å². The molecule has 0 radical (unpaired) electrons. The van der Waals surface area contributed by atoms with Gasteiger partial charge in [0.15, 0.2) is 0 Å². The molecule has 0 spiro atoms. The zero-order valence-electron chi connectivity index (χ0n) is 16.2. The summed E-state index contributed by atoms with van der Waals surface area (Å²) in [5.41, 5.74) is 1.18. The summed E-state index contributed by atoms with van der Waals surface area (Å²) in [4.78, 5) is 10.5. The number of aliphatic hydroxyl groups excluding tert-OH is 3. The van der Waals surface area contributed by atoms with E-state index in [1.807, 2.05) is 48.6 Å². The van der Waals surface area contributed by atoms with Crippen LogP contribution >= 0.6 is 0 Å². The molecule has 0 saturated heterocycles. The number of unbranched alkanes of at least 4 members (excludes halogenated alkanes) is 1. The molecule has 1 fully saturated rings. The number of rotatable bonds is 11. The van der Waals surface area contributed by atoms with Gasteiger partial charge in [0.25, 0.3) is 0 Å². The molecule has 154 valence electrons. The fraction of sp³-hybridized carbons (Fsp3) is 0.522. The van der Waals surface area contributed by atoms with Crippen molar-refractivity contribution in [3.63, 3.8) is 0 Å². The molecule has 0 unspecified atom stereocenters. The Hall–Kier alpha value is -1.95. The van der Waals surface area contributed by atoms with Gasteiger partial charge in [0, 0.05) is 18.8 Å². The van der Waals surface area contributed by atoms with Crippen LogP contribution in [-0.4, -0.2) is 44.7 Å². The lowest BCUT2D eigenvalue weighted by molar-refractivity contribution is -0.137. The van der Waals surface area contributed by atoms with Crippen LogP contribution in [0.15, 0.2) is 54.6 Å². The monoisotopic (exact) mass is 388 g/mol. The fourth-order valence-corrected chi connectivity index (χ4v) is 3.76. The summed E-state index contributed by atoms with van der Waals surface area (Å²) in [5.74, 6) is -1.08. The highest BCUT2D eigenvalue weighted by molar-refractivity contribution is 5.66. The second kappa shape index (κ2) is 11.8. The molecule has 1 aliphatic carbocycles. The predicted molar refractivity (Wildman–Crippen MR) is 109 cm³/mol. The van der Waals surface area contributed by atoms with E-state index in [-0.39, 0.29) is 18.3 Å². The largest absolute Gasteiger partial charge is 0.481 e. The van der Waals surface area contributed by atoms with Crippen LogP contribution in [0.2, 0.25) is 0 Å². The van der Waals surface area contributed by atoms with Crippen molar-refractivity contribution in [1.29, 1.82) is 0 Å². The first-order chi connectivity index (χ1) is 13.5. The normalized spacial score (nSPS) is 26.2. The van der Waals surface area contributed by atoms with E-state index in [2.05, 4.69) is 0 Å². The van der Waals surface area contributed by atoms with Gasteiger partial charge in [0.05, 0.1) is 18.3 Å². The lowest BCUT2D eigenvalue weighted by Crippen LogP contribution is -2.20.